The molecule has 0 saturated heterocycles. The molecule has 0 aliphatic carbocycles. The Hall–Kier alpha value is -2.25. The van der Waals surface area contributed by atoms with Gasteiger partial charge in [0.25, 0.3) is 5.56 Å². The van der Waals surface area contributed by atoms with E-state index in [2.05, 4.69) is 4.98 Å². The minimum absolute atomic E-state index is 0.243. The molecule has 90 valence electrons. The van der Waals surface area contributed by atoms with Crippen LogP contribution in [0.2, 0.25) is 5.02 Å². The fourth-order valence-electron chi connectivity index (χ4n) is 1.53. The zero-order chi connectivity index (χ0) is 13.1. The Morgan fingerprint density at radius 3 is 2.61 bits per heavy atom. The minimum Gasteiger partial charge on any atom is -0.457 e. The molecule has 0 atom stereocenters. The van der Waals surface area contributed by atoms with Crippen molar-refractivity contribution in [3.05, 3.63) is 57.0 Å². The third kappa shape index (κ3) is 2.90. The fourth-order valence-corrected chi connectivity index (χ4v) is 1.76. The van der Waals surface area contributed by atoms with Crippen molar-refractivity contribution in [1.82, 2.24) is 4.98 Å². The number of benzene rings is 1. The molecule has 0 radical (unpaired) electrons. The Bertz CT molecular complexity index is 686. The van der Waals surface area contributed by atoms with Crippen molar-refractivity contribution in [3.63, 3.8) is 0 Å². The van der Waals surface area contributed by atoms with Crippen molar-refractivity contribution in [2.75, 3.05) is 0 Å². The predicted molar refractivity (Wildman–Crippen MR) is 68.0 cm³/mol. The summed E-state index contributed by atoms with van der Waals surface area (Å²) < 4.78 is 5.51. The average molecular weight is 261 g/mol. The van der Waals surface area contributed by atoms with Gasteiger partial charge >= 0.3 is 0 Å². The van der Waals surface area contributed by atoms with Gasteiger partial charge in [-0.05, 0) is 25.1 Å². The number of hydrogen-bond donors (Lipinski definition) is 1. The SMILES string of the molecule is Cc1cc(Oc2cc(Cl)cc(C#N)c2)cc(=O)[nH]1. The summed E-state index contributed by atoms with van der Waals surface area (Å²) in [6.07, 6.45) is 0. The molecule has 1 heterocycles. The van der Waals surface area contributed by atoms with Gasteiger partial charge in [-0.25, -0.2) is 0 Å². The van der Waals surface area contributed by atoms with Crippen molar-refractivity contribution in [3.8, 4) is 17.6 Å². The molecule has 1 N–H and O–H groups in total. The van der Waals surface area contributed by atoms with Crippen LogP contribution in [-0.4, -0.2) is 4.98 Å². The minimum atomic E-state index is -0.243. The number of pyridine rings is 1. The summed E-state index contributed by atoms with van der Waals surface area (Å²) in [6.45, 7) is 1.76. The molecule has 0 spiro atoms. The number of H-pyrrole nitrogens is 1. The summed E-state index contributed by atoms with van der Waals surface area (Å²) in [7, 11) is 0. The molecular formula is C13H9ClN2O2. The smallest absolute Gasteiger partial charge is 0.251 e. The van der Waals surface area contributed by atoms with Gasteiger partial charge in [0.05, 0.1) is 11.6 Å². The lowest BCUT2D eigenvalue weighted by Gasteiger charge is -2.06. The summed E-state index contributed by atoms with van der Waals surface area (Å²) in [5, 5.41) is 9.23. The maximum atomic E-state index is 11.3. The molecule has 2 aromatic rings. The van der Waals surface area contributed by atoms with Crippen molar-refractivity contribution in [1.29, 1.82) is 5.26 Å². The van der Waals surface area contributed by atoms with E-state index in [-0.39, 0.29) is 5.56 Å². The van der Waals surface area contributed by atoms with E-state index >= 15 is 0 Å². The average Bonchev–Trinajstić information content (AvgIpc) is 2.26. The lowest BCUT2D eigenvalue weighted by Crippen LogP contribution is -2.05. The Balaban J connectivity index is 2.37. The number of ether oxygens (including phenoxy) is 1. The van der Waals surface area contributed by atoms with Crippen LogP contribution < -0.4 is 10.3 Å². The van der Waals surface area contributed by atoms with E-state index < -0.39 is 0 Å². The number of hydrogen-bond acceptors (Lipinski definition) is 3. The molecule has 0 fully saturated rings. The van der Waals surface area contributed by atoms with Crippen LogP contribution in [0.5, 0.6) is 11.5 Å². The van der Waals surface area contributed by atoms with Crippen LogP contribution in [0.15, 0.2) is 35.1 Å². The van der Waals surface area contributed by atoms with Crippen LogP contribution in [0.1, 0.15) is 11.3 Å². The normalized spacial score (nSPS) is 9.83. The van der Waals surface area contributed by atoms with Crippen LogP contribution in [0.4, 0.5) is 0 Å². The van der Waals surface area contributed by atoms with E-state index in [4.69, 9.17) is 21.6 Å². The first-order valence-electron chi connectivity index (χ1n) is 5.16. The van der Waals surface area contributed by atoms with Crippen molar-refractivity contribution < 1.29 is 4.74 Å². The van der Waals surface area contributed by atoms with Gasteiger partial charge in [-0.2, -0.15) is 5.26 Å². The molecule has 0 aliphatic heterocycles. The number of halogens is 1. The monoisotopic (exact) mass is 260 g/mol. The molecule has 0 aliphatic rings. The first kappa shape index (κ1) is 12.2. The molecule has 0 saturated carbocycles. The van der Waals surface area contributed by atoms with Gasteiger partial charge in [0.2, 0.25) is 0 Å². The third-order valence-electron chi connectivity index (χ3n) is 2.19. The summed E-state index contributed by atoms with van der Waals surface area (Å²) in [5.74, 6) is 0.825. The molecular weight excluding hydrogens is 252 g/mol. The number of nitrogens with one attached hydrogen (secondary N) is 1. The van der Waals surface area contributed by atoms with Crippen LogP contribution in [-0.2, 0) is 0 Å². The molecule has 0 bridgehead atoms. The highest BCUT2D eigenvalue weighted by Crippen LogP contribution is 2.25. The van der Waals surface area contributed by atoms with Gasteiger partial charge in [0, 0.05) is 22.8 Å². The molecule has 4 nitrogen and oxygen atoms in total. The third-order valence-corrected chi connectivity index (χ3v) is 2.41. The van der Waals surface area contributed by atoms with Crippen LogP contribution in [0.25, 0.3) is 0 Å². The zero-order valence-corrected chi connectivity index (χ0v) is 10.3. The number of aromatic nitrogens is 1. The second-order valence-electron chi connectivity index (χ2n) is 3.75. The summed E-state index contributed by atoms with van der Waals surface area (Å²) in [6, 6.07) is 9.69. The number of nitriles is 1. The summed E-state index contributed by atoms with van der Waals surface area (Å²) >= 11 is 5.86. The second-order valence-corrected chi connectivity index (χ2v) is 4.19. The summed E-state index contributed by atoms with van der Waals surface area (Å²) in [5.41, 5.74) is 0.853. The van der Waals surface area contributed by atoms with E-state index in [0.717, 1.165) is 0 Å². The lowest BCUT2D eigenvalue weighted by molar-refractivity contribution is 0.480. The largest absolute Gasteiger partial charge is 0.457 e. The first-order valence-corrected chi connectivity index (χ1v) is 5.54. The zero-order valence-electron chi connectivity index (χ0n) is 9.53. The van der Waals surface area contributed by atoms with E-state index in [1.165, 1.54) is 12.1 Å². The quantitative estimate of drug-likeness (QED) is 0.903. The van der Waals surface area contributed by atoms with Crippen molar-refractivity contribution in [2.24, 2.45) is 0 Å². The number of aryl methyl sites for hydroxylation is 1. The topological polar surface area (TPSA) is 65.9 Å². The summed E-state index contributed by atoms with van der Waals surface area (Å²) in [4.78, 5) is 13.9. The highest BCUT2D eigenvalue weighted by Gasteiger charge is 2.03. The Labute approximate surface area is 108 Å². The van der Waals surface area contributed by atoms with Crippen LogP contribution in [0.3, 0.4) is 0 Å². The van der Waals surface area contributed by atoms with Gasteiger partial charge in [-0.1, -0.05) is 11.6 Å². The van der Waals surface area contributed by atoms with Crippen LogP contribution >= 0.6 is 11.6 Å². The molecule has 0 amide bonds. The standard InChI is InChI=1S/C13H9ClN2O2/c1-8-2-11(6-13(17)16-8)18-12-4-9(7-15)3-10(14)5-12/h2-6H,1H3,(H,16,17). The molecule has 18 heavy (non-hydrogen) atoms. The Kier molecular flexibility index (Phi) is 3.35. The van der Waals surface area contributed by atoms with E-state index in [1.807, 2.05) is 6.07 Å². The van der Waals surface area contributed by atoms with Gasteiger partial charge in [0.1, 0.15) is 11.5 Å². The van der Waals surface area contributed by atoms with Gasteiger partial charge in [-0.15, -0.1) is 0 Å². The van der Waals surface area contributed by atoms with E-state index in [9.17, 15) is 4.79 Å². The van der Waals surface area contributed by atoms with Gasteiger partial charge in [-0.3, -0.25) is 4.79 Å². The van der Waals surface area contributed by atoms with E-state index in [0.29, 0.717) is 27.8 Å². The van der Waals surface area contributed by atoms with Gasteiger partial charge in [0.15, 0.2) is 0 Å². The first-order chi connectivity index (χ1) is 8.56. The molecule has 1 aromatic carbocycles. The Morgan fingerprint density at radius 1 is 1.22 bits per heavy atom. The highest BCUT2D eigenvalue weighted by molar-refractivity contribution is 6.30. The molecule has 1 aromatic heterocycles. The van der Waals surface area contributed by atoms with Crippen molar-refractivity contribution in [2.45, 2.75) is 6.92 Å². The van der Waals surface area contributed by atoms with E-state index in [1.54, 1.807) is 25.1 Å². The second kappa shape index (κ2) is 4.94. The van der Waals surface area contributed by atoms with Gasteiger partial charge < -0.3 is 9.72 Å². The van der Waals surface area contributed by atoms with Crippen LogP contribution in [0, 0.1) is 18.3 Å². The maximum Gasteiger partial charge on any atom is 0.251 e. The number of rotatable bonds is 2. The number of nitrogens with zero attached hydrogens (tertiary/aromatic N) is 1. The molecule has 0 unspecified atom stereocenters. The molecule has 2 rings (SSSR count). The molecule has 5 heteroatoms. The predicted octanol–water partition coefficient (Wildman–Crippen LogP) is 3.00. The van der Waals surface area contributed by atoms with Crippen molar-refractivity contribution >= 4 is 11.6 Å². The lowest BCUT2D eigenvalue weighted by atomic mass is 10.2. The fraction of sp³-hybridized carbons (Fsp3) is 0.0769. The highest BCUT2D eigenvalue weighted by atomic mass is 35.5. The number of aromatic amines is 1. The Morgan fingerprint density at radius 2 is 1.94 bits per heavy atom. The maximum absolute atomic E-state index is 11.3.